The van der Waals surface area contributed by atoms with Crippen molar-refractivity contribution in [3.63, 3.8) is 0 Å². The van der Waals surface area contributed by atoms with Crippen LogP contribution in [-0.4, -0.2) is 22.2 Å². The van der Waals surface area contributed by atoms with Gasteiger partial charge >= 0.3 is 0 Å². The Bertz CT molecular complexity index is 285. The Hall–Kier alpha value is -0.520. The van der Waals surface area contributed by atoms with Crippen LogP contribution in [-0.2, 0) is 6.54 Å². The van der Waals surface area contributed by atoms with E-state index in [1.54, 1.807) is 0 Å². The van der Waals surface area contributed by atoms with Gasteiger partial charge < -0.3 is 11.1 Å². The molecule has 15 heavy (non-hydrogen) atoms. The summed E-state index contributed by atoms with van der Waals surface area (Å²) in [7, 11) is 0. The molecule has 0 saturated carbocycles. The minimum absolute atomic E-state index is 0.449. The van der Waals surface area contributed by atoms with Gasteiger partial charge in [0.1, 0.15) is 0 Å². The van der Waals surface area contributed by atoms with Crippen LogP contribution < -0.4 is 11.1 Å². The largest absolute Gasteiger partial charge is 0.330 e. The van der Waals surface area contributed by atoms with Crippen LogP contribution in [0.4, 0.5) is 0 Å². The minimum Gasteiger partial charge on any atom is -0.330 e. The molecule has 3 N–H and O–H groups in total. The zero-order chi connectivity index (χ0) is 11.3. The summed E-state index contributed by atoms with van der Waals surface area (Å²) in [6.45, 7) is 8.02. The molecule has 1 atom stereocenters. The van der Waals surface area contributed by atoms with Crippen LogP contribution in [0.15, 0.2) is 0 Å². The molecule has 0 aromatic carbocycles. The third-order valence-electron chi connectivity index (χ3n) is 2.34. The summed E-state index contributed by atoms with van der Waals surface area (Å²) in [6, 6.07) is 0.456. The van der Waals surface area contributed by atoms with Crippen molar-refractivity contribution in [1.29, 1.82) is 0 Å². The van der Waals surface area contributed by atoms with Gasteiger partial charge in [0.25, 0.3) is 0 Å². The monoisotopic (exact) mass is 228 g/mol. The lowest BCUT2D eigenvalue weighted by atomic mass is 10.1. The molecule has 1 rings (SSSR count). The third-order valence-corrected chi connectivity index (χ3v) is 3.08. The quantitative estimate of drug-likeness (QED) is 0.774. The van der Waals surface area contributed by atoms with Crippen LogP contribution in [0.25, 0.3) is 0 Å². The fourth-order valence-electron chi connectivity index (χ4n) is 1.40. The lowest BCUT2D eigenvalue weighted by Crippen LogP contribution is -2.27. The topological polar surface area (TPSA) is 63.8 Å². The highest BCUT2D eigenvalue weighted by Crippen LogP contribution is 2.19. The van der Waals surface area contributed by atoms with Gasteiger partial charge in [0, 0.05) is 12.6 Å². The van der Waals surface area contributed by atoms with Crippen LogP contribution in [0.5, 0.6) is 0 Å². The van der Waals surface area contributed by atoms with Gasteiger partial charge in [-0.15, -0.1) is 5.10 Å². The summed E-state index contributed by atoms with van der Waals surface area (Å²) >= 11 is 1.48. The molecule has 1 unspecified atom stereocenters. The van der Waals surface area contributed by atoms with Crippen molar-refractivity contribution in [3.8, 4) is 0 Å². The van der Waals surface area contributed by atoms with Gasteiger partial charge in [0.15, 0.2) is 0 Å². The predicted octanol–water partition coefficient (Wildman–Crippen LogP) is 1.49. The Morgan fingerprint density at radius 1 is 1.40 bits per heavy atom. The third kappa shape index (κ3) is 3.85. The SMILES string of the molecule is CC(CCN)NCc1snnc1C(C)C. The minimum atomic E-state index is 0.449. The van der Waals surface area contributed by atoms with Gasteiger partial charge in [-0.1, -0.05) is 18.3 Å². The summed E-state index contributed by atoms with van der Waals surface area (Å²) in [5.41, 5.74) is 6.61. The smallest absolute Gasteiger partial charge is 0.0826 e. The Morgan fingerprint density at radius 2 is 2.13 bits per heavy atom. The van der Waals surface area contributed by atoms with Gasteiger partial charge in [-0.3, -0.25) is 0 Å². The number of nitrogens with zero attached hydrogens (tertiary/aromatic N) is 2. The van der Waals surface area contributed by atoms with Crippen molar-refractivity contribution in [1.82, 2.24) is 14.9 Å². The molecule has 0 spiro atoms. The highest BCUT2D eigenvalue weighted by atomic mass is 32.1. The lowest BCUT2D eigenvalue weighted by molar-refractivity contribution is 0.520. The van der Waals surface area contributed by atoms with Gasteiger partial charge in [-0.25, -0.2) is 0 Å². The van der Waals surface area contributed by atoms with E-state index in [0.29, 0.717) is 12.0 Å². The van der Waals surface area contributed by atoms with Gasteiger partial charge in [0.05, 0.1) is 10.6 Å². The summed E-state index contributed by atoms with van der Waals surface area (Å²) < 4.78 is 3.99. The molecular formula is C10H20N4S. The standard InChI is InChI=1S/C10H20N4S/c1-7(2)10-9(15-14-13-10)6-12-8(3)4-5-11/h7-8,12H,4-6,11H2,1-3H3. The van der Waals surface area contributed by atoms with E-state index in [0.717, 1.165) is 25.2 Å². The Kier molecular flexibility index (Phi) is 5.14. The number of rotatable bonds is 6. The van der Waals surface area contributed by atoms with E-state index in [-0.39, 0.29) is 0 Å². The molecule has 0 saturated heterocycles. The molecule has 0 radical (unpaired) electrons. The Balaban J connectivity index is 2.46. The summed E-state index contributed by atoms with van der Waals surface area (Å²) in [5.74, 6) is 0.449. The van der Waals surface area contributed by atoms with E-state index in [9.17, 15) is 0 Å². The van der Waals surface area contributed by atoms with Crippen molar-refractivity contribution >= 4 is 11.5 Å². The van der Waals surface area contributed by atoms with E-state index in [1.807, 2.05) is 0 Å². The average Bonchev–Trinajstić information content (AvgIpc) is 2.63. The first-order valence-corrected chi connectivity index (χ1v) is 6.17. The molecule has 0 fully saturated rings. The first-order valence-electron chi connectivity index (χ1n) is 5.39. The second-order valence-electron chi connectivity index (χ2n) is 4.10. The van der Waals surface area contributed by atoms with Crippen molar-refractivity contribution in [3.05, 3.63) is 10.6 Å². The first kappa shape index (κ1) is 12.5. The van der Waals surface area contributed by atoms with Gasteiger partial charge in [-0.2, -0.15) is 0 Å². The number of nitrogens with one attached hydrogen (secondary N) is 1. The van der Waals surface area contributed by atoms with Gasteiger partial charge in [-0.05, 0) is 37.3 Å². The van der Waals surface area contributed by atoms with Gasteiger partial charge in [0.2, 0.25) is 0 Å². The van der Waals surface area contributed by atoms with Crippen LogP contribution in [0.1, 0.15) is 43.7 Å². The summed E-state index contributed by atoms with van der Waals surface area (Å²) in [5, 5.41) is 7.58. The zero-order valence-electron chi connectivity index (χ0n) is 9.66. The molecule has 0 aliphatic carbocycles. The molecule has 4 nitrogen and oxygen atoms in total. The van der Waals surface area contributed by atoms with Crippen molar-refractivity contribution < 1.29 is 0 Å². The maximum Gasteiger partial charge on any atom is 0.0826 e. The molecule has 5 heteroatoms. The molecule has 86 valence electrons. The van der Waals surface area contributed by atoms with Crippen LogP contribution in [0.3, 0.4) is 0 Å². The summed E-state index contributed by atoms with van der Waals surface area (Å²) in [6.07, 6.45) is 1.00. The fourth-order valence-corrected chi connectivity index (χ4v) is 2.14. The van der Waals surface area contributed by atoms with E-state index < -0.39 is 0 Å². The lowest BCUT2D eigenvalue weighted by Gasteiger charge is -2.12. The Morgan fingerprint density at radius 3 is 2.73 bits per heavy atom. The molecule has 1 aromatic rings. The van der Waals surface area contributed by atoms with Crippen molar-refractivity contribution in [2.24, 2.45) is 5.73 Å². The van der Waals surface area contributed by atoms with Crippen LogP contribution in [0.2, 0.25) is 0 Å². The second-order valence-corrected chi connectivity index (χ2v) is 4.93. The second kappa shape index (κ2) is 6.15. The number of hydrogen-bond donors (Lipinski definition) is 2. The highest BCUT2D eigenvalue weighted by molar-refractivity contribution is 7.05. The molecule has 0 aliphatic rings. The molecule has 1 heterocycles. The molecule has 0 amide bonds. The fraction of sp³-hybridized carbons (Fsp3) is 0.800. The van der Waals surface area contributed by atoms with Crippen molar-refractivity contribution in [2.45, 2.75) is 45.7 Å². The number of hydrogen-bond acceptors (Lipinski definition) is 5. The van der Waals surface area contributed by atoms with Crippen LogP contribution >= 0.6 is 11.5 Å². The van der Waals surface area contributed by atoms with E-state index >= 15 is 0 Å². The first-order chi connectivity index (χ1) is 7.15. The highest BCUT2D eigenvalue weighted by Gasteiger charge is 2.11. The van der Waals surface area contributed by atoms with E-state index in [2.05, 4.69) is 35.7 Å². The molecule has 0 aliphatic heterocycles. The number of nitrogens with two attached hydrogens (primary N) is 1. The molecule has 0 bridgehead atoms. The normalized spacial score (nSPS) is 13.4. The summed E-state index contributed by atoms with van der Waals surface area (Å²) in [4.78, 5) is 1.24. The van der Waals surface area contributed by atoms with E-state index in [4.69, 9.17) is 5.73 Å². The number of aromatic nitrogens is 2. The van der Waals surface area contributed by atoms with E-state index in [1.165, 1.54) is 16.4 Å². The predicted molar refractivity (Wildman–Crippen MR) is 64.0 cm³/mol. The zero-order valence-corrected chi connectivity index (χ0v) is 10.5. The Labute approximate surface area is 95.4 Å². The van der Waals surface area contributed by atoms with Crippen LogP contribution in [0, 0.1) is 0 Å². The molecular weight excluding hydrogens is 208 g/mol. The maximum absolute atomic E-state index is 5.49. The maximum atomic E-state index is 5.49. The molecule has 1 aromatic heterocycles. The average molecular weight is 228 g/mol. The van der Waals surface area contributed by atoms with Crippen molar-refractivity contribution in [2.75, 3.05) is 6.54 Å².